The molecule has 148 valence electrons. The van der Waals surface area contributed by atoms with Crippen LogP contribution in [0.5, 0.6) is 0 Å². The fourth-order valence-electron chi connectivity index (χ4n) is 3.92. The third-order valence-electron chi connectivity index (χ3n) is 5.28. The van der Waals surface area contributed by atoms with Gasteiger partial charge in [0.2, 0.25) is 0 Å². The van der Waals surface area contributed by atoms with E-state index in [2.05, 4.69) is 35.8 Å². The first-order chi connectivity index (χ1) is 14.8. The highest BCUT2D eigenvalue weighted by molar-refractivity contribution is 7.80. The number of thiocarbonyl (C=S) groups is 1. The molecular formula is C23H20N6S. The zero-order valence-corrected chi connectivity index (χ0v) is 17.0. The average molecular weight is 413 g/mol. The van der Waals surface area contributed by atoms with Crippen LogP contribution in [0.25, 0.3) is 5.82 Å². The van der Waals surface area contributed by atoms with Crippen molar-refractivity contribution in [2.24, 2.45) is 0 Å². The van der Waals surface area contributed by atoms with E-state index in [0.717, 1.165) is 22.8 Å². The van der Waals surface area contributed by atoms with E-state index in [9.17, 15) is 0 Å². The fourth-order valence-corrected chi connectivity index (χ4v) is 4.23. The van der Waals surface area contributed by atoms with E-state index >= 15 is 0 Å². The summed E-state index contributed by atoms with van der Waals surface area (Å²) in [6, 6.07) is 20.0. The Morgan fingerprint density at radius 2 is 1.67 bits per heavy atom. The quantitative estimate of drug-likeness (QED) is 0.503. The molecule has 7 heteroatoms. The van der Waals surface area contributed by atoms with Gasteiger partial charge in [-0.2, -0.15) is 0 Å². The standard InChI is InChI=1S/C23H20N6S/c30-23-27-21(18-6-1-3-11-25-18)22(29(23)16-17-9-13-24-14-10-17)19-7-5-15-28(19)20-8-2-4-12-26-20/h1-15,21-22H,16H2,(H,27,30)/t21-,22-/m0/s1. The van der Waals surface area contributed by atoms with Gasteiger partial charge in [0.05, 0.1) is 17.8 Å². The van der Waals surface area contributed by atoms with Gasteiger partial charge in [-0.25, -0.2) is 4.98 Å². The second-order valence-electron chi connectivity index (χ2n) is 7.10. The normalized spacial score (nSPS) is 18.4. The third-order valence-corrected chi connectivity index (χ3v) is 5.63. The average Bonchev–Trinajstić information content (AvgIpc) is 3.40. The van der Waals surface area contributed by atoms with Crippen molar-refractivity contribution < 1.29 is 0 Å². The van der Waals surface area contributed by atoms with Crippen LogP contribution in [0.15, 0.2) is 91.6 Å². The minimum atomic E-state index is -0.0714. The summed E-state index contributed by atoms with van der Waals surface area (Å²) in [5.41, 5.74) is 3.21. The highest BCUT2D eigenvalue weighted by Gasteiger charge is 2.41. The molecule has 1 saturated heterocycles. The zero-order valence-electron chi connectivity index (χ0n) is 16.2. The maximum Gasteiger partial charge on any atom is 0.170 e. The first-order valence-electron chi connectivity index (χ1n) is 9.77. The van der Waals surface area contributed by atoms with Gasteiger partial charge in [0.15, 0.2) is 5.11 Å². The summed E-state index contributed by atoms with van der Waals surface area (Å²) >= 11 is 5.77. The Kier molecular flexibility index (Phi) is 4.94. The molecule has 5 heterocycles. The summed E-state index contributed by atoms with van der Waals surface area (Å²) in [4.78, 5) is 15.5. The molecule has 0 bridgehead atoms. The van der Waals surface area contributed by atoms with Gasteiger partial charge in [-0.05, 0) is 66.3 Å². The van der Waals surface area contributed by atoms with Crippen molar-refractivity contribution in [1.29, 1.82) is 0 Å². The monoisotopic (exact) mass is 412 g/mol. The highest BCUT2D eigenvalue weighted by Crippen LogP contribution is 2.40. The molecule has 1 aliphatic heterocycles. The van der Waals surface area contributed by atoms with Crippen molar-refractivity contribution in [2.75, 3.05) is 0 Å². The second kappa shape index (κ2) is 8.04. The number of rotatable bonds is 5. The lowest BCUT2D eigenvalue weighted by Gasteiger charge is -2.28. The molecule has 0 radical (unpaired) electrons. The van der Waals surface area contributed by atoms with Crippen LogP contribution >= 0.6 is 12.2 Å². The number of nitrogens with one attached hydrogen (secondary N) is 1. The third kappa shape index (κ3) is 3.44. The maximum atomic E-state index is 5.77. The molecule has 6 nitrogen and oxygen atoms in total. The maximum absolute atomic E-state index is 5.77. The summed E-state index contributed by atoms with van der Waals surface area (Å²) in [7, 11) is 0. The molecule has 0 spiro atoms. The molecule has 0 aromatic carbocycles. The lowest BCUT2D eigenvalue weighted by Crippen LogP contribution is -2.30. The summed E-state index contributed by atoms with van der Waals surface area (Å²) in [5.74, 6) is 0.874. The van der Waals surface area contributed by atoms with Crippen LogP contribution in [0.2, 0.25) is 0 Å². The molecule has 1 aliphatic rings. The SMILES string of the molecule is S=C1N[C@@H](c2ccccn2)[C@H](c2cccn2-c2ccccn2)N1Cc1ccncc1. The molecule has 1 fully saturated rings. The van der Waals surface area contributed by atoms with Crippen LogP contribution in [0.3, 0.4) is 0 Å². The Balaban J connectivity index is 1.60. The molecule has 4 aromatic rings. The molecule has 5 rings (SSSR count). The number of pyridine rings is 3. The highest BCUT2D eigenvalue weighted by atomic mass is 32.1. The number of nitrogens with zero attached hydrogens (tertiary/aromatic N) is 5. The Labute approximate surface area is 180 Å². The predicted molar refractivity (Wildman–Crippen MR) is 119 cm³/mol. The zero-order chi connectivity index (χ0) is 20.3. The van der Waals surface area contributed by atoms with Crippen LogP contribution in [-0.4, -0.2) is 29.5 Å². The van der Waals surface area contributed by atoms with Crippen molar-refractivity contribution in [3.05, 3.63) is 109 Å². The van der Waals surface area contributed by atoms with E-state index < -0.39 is 0 Å². The Bertz CT molecular complexity index is 1130. The van der Waals surface area contributed by atoms with E-state index in [1.54, 1.807) is 0 Å². The number of hydrogen-bond acceptors (Lipinski definition) is 4. The Morgan fingerprint density at radius 1 is 0.867 bits per heavy atom. The lowest BCUT2D eigenvalue weighted by atomic mass is 10.0. The van der Waals surface area contributed by atoms with Gasteiger partial charge in [0, 0.05) is 43.2 Å². The van der Waals surface area contributed by atoms with Crippen LogP contribution in [0.4, 0.5) is 0 Å². The topological polar surface area (TPSA) is 58.9 Å². The Morgan fingerprint density at radius 3 is 2.40 bits per heavy atom. The molecule has 4 aromatic heterocycles. The minimum absolute atomic E-state index is 0.0439. The summed E-state index contributed by atoms with van der Waals surface area (Å²) in [5, 5.41) is 4.21. The molecule has 0 saturated carbocycles. The van der Waals surface area contributed by atoms with Crippen molar-refractivity contribution in [3.63, 3.8) is 0 Å². The van der Waals surface area contributed by atoms with Gasteiger partial charge in [-0.15, -0.1) is 0 Å². The van der Waals surface area contributed by atoms with Crippen molar-refractivity contribution in [1.82, 2.24) is 29.7 Å². The van der Waals surface area contributed by atoms with Crippen molar-refractivity contribution in [2.45, 2.75) is 18.6 Å². The van der Waals surface area contributed by atoms with Gasteiger partial charge in [-0.3, -0.25) is 9.97 Å². The van der Waals surface area contributed by atoms with Crippen LogP contribution in [0, 0.1) is 0 Å². The van der Waals surface area contributed by atoms with Crippen LogP contribution in [0.1, 0.15) is 29.0 Å². The fraction of sp³-hybridized carbons (Fsp3) is 0.130. The molecule has 1 N–H and O–H groups in total. The van der Waals surface area contributed by atoms with Gasteiger partial charge < -0.3 is 14.8 Å². The van der Waals surface area contributed by atoms with Gasteiger partial charge >= 0.3 is 0 Å². The lowest BCUT2D eigenvalue weighted by molar-refractivity contribution is 0.302. The summed E-state index contributed by atoms with van der Waals surface area (Å²) in [6.07, 6.45) is 9.29. The molecule has 0 amide bonds. The molecule has 0 aliphatic carbocycles. The predicted octanol–water partition coefficient (Wildman–Crippen LogP) is 3.84. The molecular weight excluding hydrogens is 392 g/mol. The van der Waals surface area contributed by atoms with Crippen molar-refractivity contribution >= 4 is 17.3 Å². The first-order valence-corrected chi connectivity index (χ1v) is 10.2. The summed E-state index contributed by atoms with van der Waals surface area (Å²) < 4.78 is 2.12. The minimum Gasteiger partial charge on any atom is -0.352 e. The van der Waals surface area contributed by atoms with E-state index in [4.69, 9.17) is 12.2 Å². The van der Waals surface area contributed by atoms with E-state index in [-0.39, 0.29) is 12.1 Å². The second-order valence-corrected chi connectivity index (χ2v) is 7.49. The summed E-state index contributed by atoms with van der Waals surface area (Å²) in [6.45, 7) is 0.676. The first kappa shape index (κ1) is 18.4. The van der Waals surface area contributed by atoms with Gasteiger partial charge in [0.1, 0.15) is 5.82 Å². The van der Waals surface area contributed by atoms with E-state index in [1.807, 2.05) is 85.6 Å². The Hall–Kier alpha value is -3.58. The molecule has 30 heavy (non-hydrogen) atoms. The molecule has 0 unspecified atom stereocenters. The van der Waals surface area contributed by atoms with Crippen molar-refractivity contribution in [3.8, 4) is 5.82 Å². The van der Waals surface area contributed by atoms with E-state index in [1.165, 1.54) is 0 Å². The van der Waals surface area contributed by atoms with E-state index in [0.29, 0.717) is 11.7 Å². The smallest absolute Gasteiger partial charge is 0.170 e. The number of aromatic nitrogens is 4. The largest absolute Gasteiger partial charge is 0.352 e. The van der Waals surface area contributed by atoms with Gasteiger partial charge in [-0.1, -0.05) is 12.1 Å². The number of hydrogen-bond donors (Lipinski definition) is 1. The molecule has 2 atom stereocenters. The van der Waals surface area contributed by atoms with Crippen LogP contribution in [-0.2, 0) is 6.54 Å². The van der Waals surface area contributed by atoms with Crippen LogP contribution < -0.4 is 5.32 Å². The van der Waals surface area contributed by atoms with Gasteiger partial charge in [0.25, 0.3) is 0 Å².